The average Bonchev–Trinajstić information content (AvgIpc) is 2.63. The smallest absolute Gasteiger partial charge is 0.245 e. The average molecular weight is 316 g/mol. The molecule has 0 amide bonds. The van der Waals surface area contributed by atoms with Crippen LogP contribution in [0.4, 0.5) is 0 Å². The Labute approximate surface area is 122 Å². The maximum absolute atomic E-state index is 12.2. The van der Waals surface area contributed by atoms with Gasteiger partial charge in [0.05, 0.1) is 29.8 Å². The first kappa shape index (κ1) is 14.9. The highest BCUT2D eigenvalue weighted by molar-refractivity contribution is 7.89. The number of nitrogens with zero attached hydrogens (tertiary/aromatic N) is 4. The molecule has 2 aromatic rings. The van der Waals surface area contributed by atoms with Gasteiger partial charge in [-0.3, -0.25) is 14.6 Å². The molecule has 0 unspecified atom stereocenters. The third-order valence-corrected chi connectivity index (χ3v) is 4.74. The molecule has 0 fully saturated rings. The number of hydrogen-bond acceptors (Lipinski definition) is 5. The molecule has 1 N–H and O–H groups in total. The van der Waals surface area contributed by atoms with Crippen LogP contribution in [0.3, 0.4) is 0 Å². The van der Waals surface area contributed by atoms with Gasteiger partial charge in [-0.1, -0.05) is 11.6 Å². The van der Waals surface area contributed by atoms with E-state index in [1.807, 2.05) is 0 Å². The Balaban J connectivity index is 2.21. The van der Waals surface area contributed by atoms with E-state index < -0.39 is 10.0 Å². The molecule has 0 atom stereocenters. The molecule has 20 heavy (non-hydrogen) atoms. The predicted octanol–water partition coefficient (Wildman–Crippen LogP) is 0.959. The van der Waals surface area contributed by atoms with E-state index in [1.165, 1.54) is 10.9 Å². The summed E-state index contributed by atoms with van der Waals surface area (Å²) in [6.07, 6.45) is 3.10. The van der Waals surface area contributed by atoms with Gasteiger partial charge in [0.15, 0.2) is 0 Å². The summed E-state index contributed by atoms with van der Waals surface area (Å²) in [5.74, 6) is 0. The second-order valence-electron chi connectivity index (χ2n) is 4.30. The minimum absolute atomic E-state index is 0.0123. The fourth-order valence-electron chi connectivity index (χ4n) is 1.67. The van der Waals surface area contributed by atoms with Crippen LogP contribution in [0.2, 0.25) is 5.15 Å². The summed E-state index contributed by atoms with van der Waals surface area (Å²) >= 11 is 5.95. The molecule has 0 radical (unpaired) electrons. The van der Waals surface area contributed by atoms with Crippen molar-refractivity contribution in [2.75, 3.05) is 0 Å². The molecule has 0 aliphatic carbocycles. The molecule has 0 aromatic carbocycles. The molecule has 0 bridgehead atoms. The zero-order valence-electron chi connectivity index (χ0n) is 11.3. The SMILES string of the molecule is Cc1cnc(CNS(=O)(=O)c2c(C)nn(C)c2Cl)cn1. The molecule has 2 heterocycles. The van der Waals surface area contributed by atoms with E-state index >= 15 is 0 Å². The highest BCUT2D eigenvalue weighted by Crippen LogP contribution is 2.23. The molecule has 0 saturated heterocycles. The quantitative estimate of drug-likeness (QED) is 0.907. The van der Waals surface area contributed by atoms with Gasteiger partial charge in [0.2, 0.25) is 10.0 Å². The Morgan fingerprint density at radius 2 is 2.00 bits per heavy atom. The van der Waals surface area contributed by atoms with Crippen LogP contribution in [0.15, 0.2) is 17.3 Å². The molecule has 7 nitrogen and oxygen atoms in total. The fourth-order valence-corrected chi connectivity index (χ4v) is 3.41. The minimum atomic E-state index is -3.74. The lowest BCUT2D eigenvalue weighted by molar-refractivity contribution is 0.579. The molecular formula is C11H14ClN5O2S. The summed E-state index contributed by atoms with van der Waals surface area (Å²) in [5, 5.41) is 4.06. The molecule has 2 aromatic heterocycles. The second kappa shape index (κ2) is 5.47. The van der Waals surface area contributed by atoms with Crippen LogP contribution < -0.4 is 4.72 Å². The van der Waals surface area contributed by atoms with Gasteiger partial charge < -0.3 is 0 Å². The summed E-state index contributed by atoms with van der Waals surface area (Å²) in [4.78, 5) is 8.12. The van der Waals surface area contributed by atoms with E-state index in [-0.39, 0.29) is 16.6 Å². The van der Waals surface area contributed by atoms with Gasteiger partial charge in [-0.05, 0) is 13.8 Å². The van der Waals surface area contributed by atoms with Crippen molar-refractivity contribution in [2.24, 2.45) is 7.05 Å². The second-order valence-corrected chi connectivity index (χ2v) is 6.36. The molecule has 2 rings (SSSR count). The van der Waals surface area contributed by atoms with Crippen molar-refractivity contribution < 1.29 is 8.42 Å². The van der Waals surface area contributed by atoms with Crippen LogP contribution in [-0.2, 0) is 23.6 Å². The molecule has 0 aliphatic heterocycles. The first-order valence-electron chi connectivity index (χ1n) is 5.77. The largest absolute Gasteiger partial charge is 0.258 e. The van der Waals surface area contributed by atoms with E-state index in [9.17, 15) is 8.42 Å². The maximum Gasteiger partial charge on any atom is 0.245 e. The predicted molar refractivity (Wildman–Crippen MR) is 73.7 cm³/mol. The molecule has 0 saturated carbocycles. The number of nitrogens with one attached hydrogen (secondary N) is 1. The molecule has 108 valence electrons. The van der Waals surface area contributed by atoms with Gasteiger partial charge in [0.25, 0.3) is 0 Å². The fraction of sp³-hybridized carbons (Fsp3) is 0.364. The summed E-state index contributed by atoms with van der Waals surface area (Å²) in [7, 11) is -2.16. The molecule has 0 spiro atoms. The van der Waals surface area contributed by atoms with Crippen molar-refractivity contribution in [2.45, 2.75) is 25.3 Å². The van der Waals surface area contributed by atoms with E-state index in [0.29, 0.717) is 11.4 Å². The van der Waals surface area contributed by atoms with E-state index in [0.717, 1.165) is 5.69 Å². The lowest BCUT2D eigenvalue weighted by Crippen LogP contribution is -2.24. The van der Waals surface area contributed by atoms with Gasteiger partial charge in [-0.15, -0.1) is 0 Å². The van der Waals surface area contributed by atoms with Crippen molar-refractivity contribution >= 4 is 21.6 Å². The van der Waals surface area contributed by atoms with Gasteiger partial charge >= 0.3 is 0 Å². The normalized spacial score (nSPS) is 11.8. The third kappa shape index (κ3) is 2.97. The Kier molecular flexibility index (Phi) is 4.07. The van der Waals surface area contributed by atoms with Crippen LogP contribution in [0.5, 0.6) is 0 Å². The monoisotopic (exact) mass is 315 g/mol. The van der Waals surface area contributed by atoms with Crippen LogP contribution in [0.25, 0.3) is 0 Å². The topological polar surface area (TPSA) is 89.8 Å². The zero-order valence-corrected chi connectivity index (χ0v) is 12.8. The van der Waals surface area contributed by atoms with Crippen LogP contribution in [0.1, 0.15) is 17.1 Å². The first-order chi connectivity index (χ1) is 9.31. The van der Waals surface area contributed by atoms with E-state index in [2.05, 4.69) is 19.8 Å². The number of aryl methyl sites for hydroxylation is 3. The number of hydrogen-bond donors (Lipinski definition) is 1. The van der Waals surface area contributed by atoms with E-state index in [4.69, 9.17) is 11.6 Å². The van der Waals surface area contributed by atoms with E-state index in [1.54, 1.807) is 27.1 Å². The Hall–Kier alpha value is -1.51. The van der Waals surface area contributed by atoms with Crippen LogP contribution >= 0.6 is 11.6 Å². The minimum Gasteiger partial charge on any atom is -0.258 e. The van der Waals surface area contributed by atoms with Crippen molar-refractivity contribution in [3.05, 3.63) is 34.6 Å². The van der Waals surface area contributed by atoms with Gasteiger partial charge in [-0.25, -0.2) is 13.1 Å². The Bertz CT molecular complexity index is 724. The highest BCUT2D eigenvalue weighted by atomic mass is 35.5. The van der Waals surface area contributed by atoms with Gasteiger partial charge in [0.1, 0.15) is 10.0 Å². The van der Waals surface area contributed by atoms with Crippen molar-refractivity contribution in [1.29, 1.82) is 0 Å². The van der Waals surface area contributed by atoms with Gasteiger partial charge in [0, 0.05) is 13.2 Å². The molecular weight excluding hydrogens is 302 g/mol. The number of rotatable bonds is 4. The lowest BCUT2D eigenvalue weighted by atomic mass is 10.4. The summed E-state index contributed by atoms with van der Waals surface area (Å²) in [6.45, 7) is 3.44. The Morgan fingerprint density at radius 3 is 2.50 bits per heavy atom. The summed E-state index contributed by atoms with van der Waals surface area (Å²) in [6, 6.07) is 0. The molecule has 0 aliphatic rings. The van der Waals surface area contributed by atoms with Crippen molar-refractivity contribution in [1.82, 2.24) is 24.5 Å². The number of aromatic nitrogens is 4. The summed E-state index contributed by atoms with van der Waals surface area (Å²) in [5.41, 5.74) is 1.64. The zero-order chi connectivity index (χ0) is 14.9. The standard InChI is InChI=1S/C11H14ClN5O2S/c1-7-4-14-9(5-13-7)6-15-20(18,19)10-8(2)16-17(3)11(10)12/h4-5,15H,6H2,1-3H3. The number of sulfonamides is 1. The van der Waals surface area contributed by atoms with Crippen LogP contribution in [-0.4, -0.2) is 28.2 Å². The number of halogens is 1. The Morgan fingerprint density at radius 1 is 1.30 bits per heavy atom. The first-order valence-corrected chi connectivity index (χ1v) is 7.63. The summed E-state index contributed by atoms with van der Waals surface area (Å²) < 4.78 is 28.2. The van der Waals surface area contributed by atoms with Crippen molar-refractivity contribution in [3.8, 4) is 0 Å². The highest BCUT2D eigenvalue weighted by Gasteiger charge is 2.24. The third-order valence-electron chi connectivity index (χ3n) is 2.65. The lowest BCUT2D eigenvalue weighted by Gasteiger charge is -2.06. The maximum atomic E-state index is 12.2. The van der Waals surface area contributed by atoms with Crippen molar-refractivity contribution in [3.63, 3.8) is 0 Å². The van der Waals surface area contributed by atoms with Crippen LogP contribution in [0, 0.1) is 13.8 Å². The molecule has 9 heteroatoms. The van der Waals surface area contributed by atoms with Gasteiger partial charge in [-0.2, -0.15) is 5.10 Å².